The van der Waals surface area contributed by atoms with E-state index in [2.05, 4.69) is 4.72 Å². The highest BCUT2D eigenvalue weighted by Gasteiger charge is 2.25. The highest BCUT2D eigenvalue weighted by molar-refractivity contribution is 7.89. The molecule has 2 N–H and O–H groups in total. The Hall–Kier alpha value is -1.96. The van der Waals surface area contributed by atoms with E-state index in [1.807, 2.05) is 0 Å². The Kier molecular flexibility index (Phi) is 5.35. The van der Waals surface area contributed by atoms with Crippen molar-refractivity contribution in [2.75, 3.05) is 0 Å². The number of carboxylic acids is 1. The molecular formula is C15H13ClFNO4S. The molecule has 0 fully saturated rings. The fourth-order valence-corrected chi connectivity index (χ4v) is 3.22. The predicted octanol–water partition coefficient (Wildman–Crippen LogP) is 2.45. The van der Waals surface area contributed by atoms with Crippen molar-refractivity contribution in [3.8, 4) is 0 Å². The number of hydrogen-bond donors (Lipinski definition) is 2. The zero-order chi connectivity index (χ0) is 17.0. The Labute approximate surface area is 137 Å². The van der Waals surface area contributed by atoms with Gasteiger partial charge in [0.05, 0.1) is 4.90 Å². The summed E-state index contributed by atoms with van der Waals surface area (Å²) in [5.41, 5.74) is 0.614. The molecule has 5 nitrogen and oxygen atoms in total. The summed E-state index contributed by atoms with van der Waals surface area (Å²) in [6.45, 7) is 0. The van der Waals surface area contributed by atoms with Gasteiger partial charge in [0.1, 0.15) is 11.9 Å². The third-order valence-electron chi connectivity index (χ3n) is 3.07. The van der Waals surface area contributed by atoms with Gasteiger partial charge in [-0.1, -0.05) is 23.7 Å². The van der Waals surface area contributed by atoms with Gasteiger partial charge in [-0.2, -0.15) is 4.72 Å². The molecule has 0 aliphatic heterocycles. The third kappa shape index (κ3) is 4.75. The highest BCUT2D eigenvalue weighted by Crippen LogP contribution is 2.14. The maximum Gasteiger partial charge on any atom is 0.322 e. The summed E-state index contributed by atoms with van der Waals surface area (Å²) in [6, 6.07) is 9.17. The second-order valence-corrected chi connectivity index (χ2v) is 6.95. The van der Waals surface area contributed by atoms with Gasteiger partial charge in [0.2, 0.25) is 10.0 Å². The molecule has 2 rings (SSSR count). The summed E-state index contributed by atoms with van der Waals surface area (Å²) in [6.07, 6.45) is -0.0487. The maximum absolute atomic E-state index is 12.9. The van der Waals surface area contributed by atoms with Gasteiger partial charge in [0.25, 0.3) is 0 Å². The fourth-order valence-electron chi connectivity index (χ4n) is 1.90. The van der Waals surface area contributed by atoms with Crippen LogP contribution < -0.4 is 4.72 Å². The Morgan fingerprint density at radius 3 is 2.22 bits per heavy atom. The number of benzene rings is 2. The van der Waals surface area contributed by atoms with Crippen molar-refractivity contribution in [3.05, 3.63) is 64.9 Å². The van der Waals surface area contributed by atoms with Crippen molar-refractivity contribution in [2.45, 2.75) is 17.4 Å². The van der Waals surface area contributed by atoms with Crippen LogP contribution in [0.4, 0.5) is 4.39 Å². The standard InChI is InChI=1S/C15H13ClFNO4S/c16-11-3-1-10(2-4-11)9-14(15(19)20)18-23(21,22)13-7-5-12(17)6-8-13/h1-8,14,18H,9H2,(H,19,20)/t14-/m0/s1. The molecule has 0 spiro atoms. The first-order chi connectivity index (χ1) is 10.8. The van der Waals surface area contributed by atoms with E-state index in [1.165, 1.54) is 0 Å². The van der Waals surface area contributed by atoms with E-state index in [0.29, 0.717) is 10.6 Å². The van der Waals surface area contributed by atoms with Crippen LogP contribution in [-0.4, -0.2) is 25.5 Å². The lowest BCUT2D eigenvalue weighted by Gasteiger charge is -2.15. The molecule has 2 aromatic carbocycles. The molecule has 0 aliphatic rings. The largest absolute Gasteiger partial charge is 0.480 e. The summed E-state index contributed by atoms with van der Waals surface area (Å²) in [5.74, 6) is -1.90. The average molecular weight is 358 g/mol. The van der Waals surface area contributed by atoms with Gasteiger partial charge < -0.3 is 5.11 Å². The van der Waals surface area contributed by atoms with E-state index in [-0.39, 0.29) is 11.3 Å². The smallest absolute Gasteiger partial charge is 0.322 e. The average Bonchev–Trinajstić information content (AvgIpc) is 2.49. The van der Waals surface area contributed by atoms with Crippen molar-refractivity contribution in [1.82, 2.24) is 4.72 Å². The van der Waals surface area contributed by atoms with Crippen LogP contribution in [0.15, 0.2) is 53.4 Å². The molecule has 0 saturated heterocycles. The van der Waals surface area contributed by atoms with Gasteiger partial charge in [-0.3, -0.25) is 4.79 Å². The number of carbonyl (C=O) groups is 1. The number of carboxylic acid groups (broad SMARTS) is 1. The van der Waals surface area contributed by atoms with E-state index in [0.717, 1.165) is 24.3 Å². The molecule has 0 unspecified atom stereocenters. The van der Waals surface area contributed by atoms with Crippen molar-refractivity contribution in [1.29, 1.82) is 0 Å². The van der Waals surface area contributed by atoms with Crippen LogP contribution in [0.1, 0.15) is 5.56 Å². The minimum atomic E-state index is -4.07. The SMILES string of the molecule is O=C(O)[C@H](Cc1ccc(Cl)cc1)NS(=O)(=O)c1ccc(F)cc1. The van der Waals surface area contributed by atoms with Crippen molar-refractivity contribution < 1.29 is 22.7 Å². The number of nitrogens with one attached hydrogen (secondary N) is 1. The quantitative estimate of drug-likeness (QED) is 0.831. The summed E-state index contributed by atoms with van der Waals surface area (Å²) in [5, 5.41) is 9.72. The highest BCUT2D eigenvalue weighted by atomic mass is 35.5. The van der Waals surface area contributed by atoms with Gasteiger partial charge >= 0.3 is 5.97 Å². The first-order valence-corrected chi connectivity index (χ1v) is 8.39. The number of hydrogen-bond acceptors (Lipinski definition) is 3. The van der Waals surface area contributed by atoms with Crippen molar-refractivity contribution >= 4 is 27.6 Å². The molecule has 0 radical (unpaired) electrons. The van der Waals surface area contributed by atoms with Crippen LogP contribution >= 0.6 is 11.6 Å². The minimum Gasteiger partial charge on any atom is -0.480 e. The first kappa shape index (κ1) is 17.4. The second kappa shape index (κ2) is 7.08. The zero-order valence-corrected chi connectivity index (χ0v) is 13.3. The van der Waals surface area contributed by atoms with Gasteiger partial charge in [-0.15, -0.1) is 0 Å². The number of halogens is 2. The van der Waals surface area contributed by atoms with E-state index in [1.54, 1.807) is 24.3 Å². The Balaban J connectivity index is 2.20. The van der Waals surface area contributed by atoms with E-state index in [9.17, 15) is 22.7 Å². The van der Waals surface area contributed by atoms with Crippen LogP contribution in [-0.2, 0) is 21.2 Å². The Bertz CT molecular complexity index is 791. The molecule has 8 heteroatoms. The molecule has 0 saturated carbocycles. The molecule has 0 aromatic heterocycles. The monoisotopic (exact) mass is 357 g/mol. The van der Waals surface area contributed by atoms with Gasteiger partial charge in [-0.05, 0) is 48.4 Å². The van der Waals surface area contributed by atoms with Crippen molar-refractivity contribution in [2.24, 2.45) is 0 Å². The molecule has 122 valence electrons. The number of aliphatic carboxylic acids is 1. The van der Waals surface area contributed by atoms with Crippen LogP contribution in [0.2, 0.25) is 5.02 Å². The Morgan fingerprint density at radius 1 is 1.13 bits per heavy atom. The van der Waals surface area contributed by atoms with Crippen molar-refractivity contribution in [3.63, 3.8) is 0 Å². The van der Waals surface area contributed by atoms with Crippen LogP contribution in [0, 0.1) is 5.82 Å². The topological polar surface area (TPSA) is 83.5 Å². The first-order valence-electron chi connectivity index (χ1n) is 6.53. The molecule has 0 bridgehead atoms. The lowest BCUT2D eigenvalue weighted by Crippen LogP contribution is -2.42. The molecule has 23 heavy (non-hydrogen) atoms. The van der Waals surface area contributed by atoms with E-state index >= 15 is 0 Å². The number of rotatable bonds is 6. The summed E-state index contributed by atoms with van der Waals surface area (Å²) >= 11 is 5.75. The molecule has 2 aromatic rings. The third-order valence-corrected chi connectivity index (χ3v) is 4.81. The second-order valence-electron chi connectivity index (χ2n) is 4.80. The Morgan fingerprint density at radius 2 is 1.70 bits per heavy atom. The lowest BCUT2D eigenvalue weighted by atomic mass is 10.1. The van der Waals surface area contributed by atoms with Crippen LogP contribution in [0.5, 0.6) is 0 Å². The van der Waals surface area contributed by atoms with Crippen LogP contribution in [0.25, 0.3) is 0 Å². The molecular weight excluding hydrogens is 345 g/mol. The van der Waals surface area contributed by atoms with Gasteiger partial charge in [0.15, 0.2) is 0 Å². The predicted molar refractivity (Wildman–Crippen MR) is 83.3 cm³/mol. The lowest BCUT2D eigenvalue weighted by molar-refractivity contribution is -0.138. The normalized spacial score (nSPS) is 12.8. The van der Waals surface area contributed by atoms with E-state index in [4.69, 9.17) is 11.6 Å². The van der Waals surface area contributed by atoms with Gasteiger partial charge in [-0.25, -0.2) is 12.8 Å². The van der Waals surface area contributed by atoms with E-state index < -0.39 is 27.9 Å². The molecule has 1 atom stereocenters. The van der Waals surface area contributed by atoms with Crippen LogP contribution in [0.3, 0.4) is 0 Å². The summed E-state index contributed by atoms with van der Waals surface area (Å²) in [7, 11) is -4.07. The molecule has 0 amide bonds. The number of sulfonamides is 1. The molecule has 0 aliphatic carbocycles. The fraction of sp³-hybridized carbons (Fsp3) is 0.133. The van der Waals surface area contributed by atoms with Gasteiger partial charge in [0, 0.05) is 5.02 Å². The summed E-state index contributed by atoms with van der Waals surface area (Å²) < 4.78 is 39.3. The minimum absolute atomic E-state index is 0.0487. The zero-order valence-electron chi connectivity index (χ0n) is 11.7. The maximum atomic E-state index is 12.9. The molecule has 0 heterocycles. The summed E-state index contributed by atoms with van der Waals surface area (Å²) in [4.78, 5) is 11.1.